The smallest absolute Gasteiger partial charge is 0.472 e. The van der Waals surface area contributed by atoms with Crippen LogP contribution in [0.1, 0.15) is 194 Å². The lowest BCUT2D eigenvalue weighted by Gasteiger charge is -2.20. The van der Waals surface area contributed by atoms with Gasteiger partial charge in [-0.05, 0) is 38.5 Å². The summed E-state index contributed by atoms with van der Waals surface area (Å²) in [4.78, 5) is 45.6. The summed E-state index contributed by atoms with van der Waals surface area (Å²) in [6.07, 6.45) is 34.5. The predicted octanol–water partition coefficient (Wildman–Crippen LogP) is 10.5. The largest absolute Gasteiger partial charge is 0.480 e. The number of aliphatic carboxylic acids is 1. The molecule has 0 heterocycles. The van der Waals surface area contributed by atoms with Crippen LogP contribution in [0.25, 0.3) is 0 Å². The molecule has 0 rings (SSSR count). The molecule has 306 valence electrons. The molecular formula is C40H76NO10P. The van der Waals surface area contributed by atoms with Gasteiger partial charge in [0.15, 0.2) is 6.10 Å². The van der Waals surface area contributed by atoms with E-state index in [4.69, 9.17) is 24.8 Å². The van der Waals surface area contributed by atoms with E-state index in [1.165, 1.54) is 116 Å². The van der Waals surface area contributed by atoms with Crippen molar-refractivity contribution in [2.24, 2.45) is 5.73 Å². The van der Waals surface area contributed by atoms with Crippen molar-refractivity contribution in [3.05, 3.63) is 12.2 Å². The topological polar surface area (TPSA) is 172 Å². The van der Waals surface area contributed by atoms with Gasteiger partial charge in [0.05, 0.1) is 13.2 Å². The molecule has 0 saturated carbocycles. The van der Waals surface area contributed by atoms with Gasteiger partial charge in [-0.2, -0.15) is 0 Å². The van der Waals surface area contributed by atoms with Gasteiger partial charge in [-0.15, -0.1) is 0 Å². The molecule has 0 fully saturated rings. The first kappa shape index (κ1) is 50.2. The number of phosphoric ester groups is 1. The van der Waals surface area contributed by atoms with Crippen LogP contribution in [0.3, 0.4) is 0 Å². The standard InChI is InChI=1S/C40H76NO10P/c1-3-5-7-9-11-12-13-14-15-16-17-18-19-20-21-22-23-24-26-28-30-32-39(43)51-36(34-49-52(46,47)50-35-37(41)40(44)45)33-48-38(42)31-29-27-25-10-8-6-4-2/h14-15,36-37H,3-13,16-35,41H2,1-2H3,(H,44,45)(H,46,47)/b15-14+/t36-,37-/m0/s1. The molecule has 3 atom stereocenters. The summed E-state index contributed by atoms with van der Waals surface area (Å²) in [5.74, 6) is -2.38. The van der Waals surface area contributed by atoms with Gasteiger partial charge in [-0.1, -0.05) is 154 Å². The lowest BCUT2D eigenvalue weighted by Crippen LogP contribution is -2.34. The van der Waals surface area contributed by atoms with E-state index in [1.54, 1.807) is 0 Å². The number of carboxylic acid groups (broad SMARTS) is 1. The molecule has 11 nitrogen and oxygen atoms in total. The second-order valence-corrected chi connectivity index (χ2v) is 15.6. The molecule has 52 heavy (non-hydrogen) atoms. The zero-order valence-corrected chi connectivity index (χ0v) is 33.8. The van der Waals surface area contributed by atoms with Crippen LogP contribution in [-0.2, 0) is 37.5 Å². The Morgan fingerprint density at radius 3 is 1.40 bits per heavy atom. The Kier molecular flexibility index (Phi) is 35.0. The summed E-state index contributed by atoms with van der Waals surface area (Å²) < 4.78 is 32.5. The van der Waals surface area contributed by atoms with E-state index in [2.05, 4.69) is 30.5 Å². The zero-order valence-electron chi connectivity index (χ0n) is 32.9. The maximum atomic E-state index is 12.6. The van der Waals surface area contributed by atoms with E-state index < -0.39 is 51.1 Å². The van der Waals surface area contributed by atoms with Crippen molar-refractivity contribution < 1.29 is 47.5 Å². The van der Waals surface area contributed by atoms with Crippen LogP contribution in [0.2, 0.25) is 0 Å². The Morgan fingerprint density at radius 1 is 0.577 bits per heavy atom. The number of hydrogen-bond acceptors (Lipinski definition) is 9. The minimum Gasteiger partial charge on any atom is -0.480 e. The molecule has 0 aliphatic heterocycles. The highest BCUT2D eigenvalue weighted by Gasteiger charge is 2.28. The fourth-order valence-corrected chi connectivity index (χ4v) is 6.48. The average Bonchev–Trinajstić information content (AvgIpc) is 3.12. The monoisotopic (exact) mass is 762 g/mol. The number of allylic oxidation sites excluding steroid dienone is 2. The van der Waals surface area contributed by atoms with Gasteiger partial charge in [0.1, 0.15) is 12.6 Å². The number of nitrogens with two attached hydrogens (primary N) is 1. The van der Waals surface area contributed by atoms with Crippen molar-refractivity contribution in [1.29, 1.82) is 0 Å². The van der Waals surface area contributed by atoms with Crippen LogP contribution in [0.5, 0.6) is 0 Å². The molecule has 0 aliphatic rings. The third kappa shape index (κ3) is 35.3. The number of rotatable bonds is 39. The number of esters is 2. The number of carbonyl (C=O) groups excluding carboxylic acids is 2. The van der Waals surface area contributed by atoms with Crippen LogP contribution < -0.4 is 5.73 Å². The number of hydrogen-bond donors (Lipinski definition) is 3. The van der Waals surface area contributed by atoms with E-state index in [0.29, 0.717) is 12.8 Å². The molecule has 4 N–H and O–H groups in total. The Hall–Kier alpha value is -1.78. The summed E-state index contributed by atoms with van der Waals surface area (Å²) in [5.41, 5.74) is 5.31. The molecule has 12 heteroatoms. The maximum absolute atomic E-state index is 12.6. The SMILES string of the molecule is CCCCCCCC/C=C/CCCCCCCCCCCCCC(=O)O[C@@H](COC(=O)CCCCCCCCC)COP(=O)(O)OC[C@H](N)C(=O)O. The number of carbonyl (C=O) groups is 3. The number of phosphoric acid groups is 1. The normalized spacial score (nSPS) is 13.9. The van der Waals surface area contributed by atoms with Gasteiger partial charge >= 0.3 is 25.7 Å². The van der Waals surface area contributed by atoms with Gasteiger partial charge in [-0.25, -0.2) is 4.57 Å². The van der Waals surface area contributed by atoms with E-state index in [-0.39, 0.29) is 19.4 Å². The molecule has 0 aromatic carbocycles. The Morgan fingerprint density at radius 2 is 0.962 bits per heavy atom. The molecule has 0 saturated heterocycles. The zero-order chi connectivity index (χ0) is 38.5. The third-order valence-electron chi connectivity index (χ3n) is 9.01. The molecule has 0 spiro atoms. The molecule has 0 aliphatic carbocycles. The summed E-state index contributed by atoms with van der Waals surface area (Å²) in [5, 5.41) is 8.85. The van der Waals surface area contributed by atoms with Crippen molar-refractivity contribution in [3.8, 4) is 0 Å². The Labute approximate surface area is 316 Å². The quantitative estimate of drug-likeness (QED) is 0.0235. The minimum absolute atomic E-state index is 0.164. The summed E-state index contributed by atoms with van der Waals surface area (Å²) in [7, 11) is -4.70. The van der Waals surface area contributed by atoms with Crippen molar-refractivity contribution in [2.75, 3.05) is 19.8 Å². The predicted molar refractivity (Wildman–Crippen MR) is 208 cm³/mol. The maximum Gasteiger partial charge on any atom is 0.472 e. The van der Waals surface area contributed by atoms with Crippen LogP contribution >= 0.6 is 7.82 Å². The molecular weight excluding hydrogens is 685 g/mol. The van der Waals surface area contributed by atoms with E-state index in [9.17, 15) is 23.8 Å². The highest BCUT2D eigenvalue weighted by atomic mass is 31.2. The summed E-state index contributed by atoms with van der Waals surface area (Å²) >= 11 is 0. The molecule has 0 aromatic heterocycles. The van der Waals surface area contributed by atoms with Crippen molar-refractivity contribution in [2.45, 2.75) is 206 Å². The average molecular weight is 762 g/mol. The molecule has 1 unspecified atom stereocenters. The van der Waals surface area contributed by atoms with E-state index >= 15 is 0 Å². The van der Waals surface area contributed by atoms with Crippen LogP contribution in [0.4, 0.5) is 0 Å². The molecule has 0 amide bonds. The van der Waals surface area contributed by atoms with E-state index in [1.807, 2.05) is 0 Å². The van der Waals surface area contributed by atoms with Gasteiger partial charge in [0.25, 0.3) is 0 Å². The lowest BCUT2D eigenvalue weighted by atomic mass is 10.0. The fraction of sp³-hybridized carbons (Fsp3) is 0.875. The van der Waals surface area contributed by atoms with Crippen LogP contribution in [0.15, 0.2) is 12.2 Å². The second-order valence-electron chi connectivity index (χ2n) is 14.1. The molecule has 0 aromatic rings. The Bertz CT molecular complexity index is 947. The van der Waals surface area contributed by atoms with Crippen molar-refractivity contribution >= 4 is 25.7 Å². The van der Waals surface area contributed by atoms with Crippen LogP contribution in [-0.4, -0.2) is 59.9 Å². The van der Waals surface area contributed by atoms with Crippen molar-refractivity contribution in [3.63, 3.8) is 0 Å². The highest BCUT2D eigenvalue weighted by Crippen LogP contribution is 2.43. The first-order chi connectivity index (χ1) is 25.1. The minimum atomic E-state index is -4.70. The first-order valence-corrected chi connectivity index (χ1v) is 22.2. The molecule has 0 radical (unpaired) electrons. The first-order valence-electron chi connectivity index (χ1n) is 20.7. The summed E-state index contributed by atoms with van der Waals surface area (Å²) in [6, 6.07) is -1.52. The third-order valence-corrected chi connectivity index (χ3v) is 9.96. The van der Waals surface area contributed by atoms with Gasteiger partial charge in [0.2, 0.25) is 0 Å². The molecule has 0 bridgehead atoms. The summed E-state index contributed by atoms with van der Waals surface area (Å²) in [6.45, 7) is 2.75. The van der Waals surface area contributed by atoms with Crippen LogP contribution in [0, 0.1) is 0 Å². The lowest BCUT2D eigenvalue weighted by molar-refractivity contribution is -0.161. The Balaban J connectivity index is 4.20. The fourth-order valence-electron chi connectivity index (χ4n) is 5.71. The number of ether oxygens (including phenoxy) is 2. The number of unbranched alkanes of at least 4 members (excludes halogenated alkanes) is 23. The van der Waals surface area contributed by atoms with Gasteiger partial charge in [-0.3, -0.25) is 23.4 Å². The second kappa shape index (κ2) is 36.2. The van der Waals surface area contributed by atoms with Crippen molar-refractivity contribution in [1.82, 2.24) is 0 Å². The highest BCUT2D eigenvalue weighted by molar-refractivity contribution is 7.47. The van der Waals surface area contributed by atoms with Gasteiger partial charge in [0, 0.05) is 12.8 Å². The van der Waals surface area contributed by atoms with Gasteiger partial charge < -0.3 is 25.2 Å². The number of carboxylic acids is 1. The van der Waals surface area contributed by atoms with E-state index in [0.717, 1.165) is 38.5 Å².